The maximum atomic E-state index is 12.2. The highest BCUT2D eigenvalue weighted by Crippen LogP contribution is 2.30. The summed E-state index contributed by atoms with van der Waals surface area (Å²) in [7, 11) is 3.13. The van der Waals surface area contributed by atoms with Crippen molar-refractivity contribution in [1.29, 1.82) is 0 Å². The number of methoxy groups -OCH3 is 2. The number of ether oxygens (including phenoxy) is 2. The number of aromatic nitrogens is 1. The topological polar surface area (TPSA) is 63.3 Å². The Morgan fingerprint density at radius 2 is 1.95 bits per heavy atom. The highest BCUT2D eigenvalue weighted by molar-refractivity contribution is 7.17. The van der Waals surface area contributed by atoms with Crippen LogP contribution in [0.2, 0.25) is 0 Å². The molecule has 2 N–H and O–H groups in total. The minimum Gasteiger partial charge on any atom is -0.493 e. The largest absolute Gasteiger partial charge is 0.493 e. The van der Waals surface area contributed by atoms with Gasteiger partial charge in [-0.25, -0.2) is 0 Å². The molecule has 0 saturated carbocycles. The van der Waals surface area contributed by atoms with Crippen molar-refractivity contribution in [2.24, 2.45) is 0 Å². The Hall–Kier alpha value is -2.47. The van der Waals surface area contributed by atoms with Gasteiger partial charge in [0.1, 0.15) is 5.69 Å². The quantitative estimate of drug-likeness (QED) is 0.775. The molecule has 6 heteroatoms. The maximum Gasteiger partial charge on any atom is 0.272 e. The van der Waals surface area contributed by atoms with E-state index >= 15 is 0 Å². The van der Waals surface area contributed by atoms with E-state index in [1.165, 1.54) is 0 Å². The summed E-state index contributed by atoms with van der Waals surface area (Å²) in [5, 5.41) is 4.82. The van der Waals surface area contributed by atoms with Gasteiger partial charge >= 0.3 is 0 Å². The molecule has 0 aliphatic heterocycles. The number of fused-ring (bicyclic) bond motifs is 1. The lowest BCUT2D eigenvalue weighted by molar-refractivity contribution is 0.102. The van der Waals surface area contributed by atoms with E-state index in [1.54, 1.807) is 43.8 Å². The zero-order valence-corrected chi connectivity index (χ0v) is 12.4. The van der Waals surface area contributed by atoms with Gasteiger partial charge in [0.2, 0.25) is 0 Å². The average Bonchev–Trinajstić information content (AvgIpc) is 3.08. The second-order valence-corrected chi connectivity index (χ2v) is 5.35. The Bertz CT molecular complexity index is 763. The van der Waals surface area contributed by atoms with E-state index in [2.05, 4.69) is 10.3 Å². The first-order valence-electron chi connectivity index (χ1n) is 6.31. The third-order valence-corrected chi connectivity index (χ3v) is 3.99. The van der Waals surface area contributed by atoms with Crippen LogP contribution in [0.5, 0.6) is 11.5 Å². The van der Waals surface area contributed by atoms with Crippen LogP contribution in [0, 0.1) is 0 Å². The molecule has 21 heavy (non-hydrogen) atoms. The molecule has 0 spiro atoms. The molecule has 2 heterocycles. The zero-order valence-electron chi connectivity index (χ0n) is 11.6. The first-order chi connectivity index (χ1) is 10.2. The van der Waals surface area contributed by atoms with Gasteiger partial charge in [0.15, 0.2) is 11.5 Å². The summed E-state index contributed by atoms with van der Waals surface area (Å²) in [6.07, 6.45) is 0. The number of H-pyrrole nitrogens is 1. The van der Waals surface area contributed by atoms with Gasteiger partial charge in [-0.1, -0.05) is 0 Å². The molecule has 1 amide bonds. The summed E-state index contributed by atoms with van der Waals surface area (Å²) in [6.45, 7) is 0. The van der Waals surface area contributed by atoms with Crippen LogP contribution in [0.25, 0.3) is 10.2 Å². The normalized spacial score (nSPS) is 10.6. The molecule has 3 rings (SSSR count). The predicted octanol–water partition coefficient (Wildman–Crippen LogP) is 3.50. The van der Waals surface area contributed by atoms with Gasteiger partial charge in [0.25, 0.3) is 5.91 Å². The molecule has 0 saturated heterocycles. The smallest absolute Gasteiger partial charge is 0.272 e. The van der Waals surface area contributed by atoms with Crippen molar-refractivity contribution in [3.05, 3.63) is 41.4 Å². The summed E-state index contributed by atoms with van der Waals surface area (Å²) < 4.78 is 11.4. The number of amides is 1. The van der Waals surface area contributed by atoms with Gasteiger partial charge in [-0.3, -0.25) is 4.79 Å². The summed E-state index contributed by atoms with van der Waals surface area (Å²) >= 11 is 1.60. The third kappa shape index (κ3) is 2.57. The Balaban J connectivity index is 1.82. The van der Waals surface area contributed by atoms with Crippen molar-refractivity contribution >= 4 is 33.1 Å². The van der Waals surface area contributed by atoms with Crippen LogP contribution in [0.4, 0.5) is 5.69 Å². The molecule has 5 nitrogen and oxygen atoms in total. The van der Waals surface area contributed by atoms with Crippen LogP contribution in [-0.4, -0.2) is 25.1 Å². The van der Waals surface area contributed by atoms with Crippen LogP contribution in [0.3, 0.4) is 0 Å². The van der Waals surface area contributed by atoms with E-state index in [1.807, 2.05) is 17.5 Å². The lowest BCUT2D eigenvalue weighted by atomic mass is 10.2. The van der Waals surface area contributed by atoms with Gasteiger partial charge < -0.3 is 19.8 Å². The number of benzene rings is 1. The lowest BCUT2D eigenvalue weighted by Gasteiger charge is -2.10. The molecular weight excluding hydrogens is 288 g/mol. The second-order valence-electron chi connectivity index (χ2n) is 4.41. The molecule has 0 radical (unpaired) electrons. The van der Waals surface area contributed by atoms with Crippen molar-refractivity contribution in [3.8, 4) is 11.5 Å². The number of thiophene rings is 1. The highest BCUT2D eigenvalue weighted by atomic mass is 32.1. The van der Waals surface area contributed by atoms with Crippen LogP contribution in [-0.2, 0) is 0 Å². The predicted molar refractivity (Wildman–Crippen MR) is 83.7 cm³/mol. The number of anilines is 1. The van der Waals surface area contributed by atoms with E-state index in [9.17, 15) is 4.79 Å². The number of hydrogen-bond acceptors (Lipinski definition) is 4. The summed E-state index contributed by atoms with van der Waals surface area (Å²) in [6, 6.07) is 9.04. The summed E-state index contributed by atoms with van der Waals surface area (Å²) in [4.78, 5) is 15.3. The first-order valence-corrected chi connectivity index (χ1v) is 7.19. The van der Waals surface area contributed by atoms with Crippen molar-refractivity contribution in [3.63, 3.8) is 0 Å². The van der Waals surface area contributed by atoms with Crippen LogP contribution < -0.4 is 14.8 Å². The molecule has 2 aromatic heterocycles. The average molecular weight is 302 g/mol. The molecule has 0 bridgehead atoms. The van der Waals surface area contributed by atoms with Gasteiger partial charge in [-0.2, -0.15) is 0 Å². The Labute approximate surface area is 125 Å². The number of carbonyl (C=O) groups excluding carboxylic acids is 1. The van der Waals surface area contributed by atoms with E-state index in [0.29, 0.717) is 22.9 Å². The number of aromatic amines is 1. The fraction of sp³-hybridized carbons (Fsp3) is 0.133. The van der Waals surface area contributed by atoms with Gasteiger partial charge in [0, 0.05) is 11.8 Å². The zero-order chi connectivity index (χ0) is 14.8. The number of carbonyl (C=O) groups is 1. The minimum atomic E-state index is -0.189. The van der Waals surface area contributed by atoms with Gasteiger partial charge in [-0.05, 0) is 29.6 Å². The highest BCUT2D eigenvalue weighted by Gasteiger charge is 2.12. The van der Waals surface area contributed by atoms with Crippen molar-refractivity contribution in [2.75, 3.05) is 19.5 Å². The minimum absolute atomic E-state index is 0.189. The number of rotatable bonds is 4. The van der Waals surface area contributed by atoms with E-state index in [4.69, 9.17) is 9.47 Å². The van der Waals surface area contributed by atoms with E-state index in [-0.39, 0.29) is 5.91 Å². The second kappa shape index (κ2) is 5.49. The monoisotopic (exact) mass is 302 g/mol. The van der Waals surface area contributed by atoms with E-state index in [0.717, 1.165) is 10.2 Å². The van der Waals surface area contributed by atoms with Crippen LogP contribution in [0.15, 0.2) is 35.7 Å². The molecular formula is C15H14N2O3S. The molecule has 0 aliphatic rings. The fourth-order valence-electron chi connectivity index (χ4n) is 2.08. The Kier molecular flexibility index (Phi) is 3.53. The fourth-order valence-corrected chi connectivity index (χ4v) is 2.87. The molecule has 0 aliphatic carbocycles. The molecule has 0 fully saturated rings. The SMILES string of the molecule is COc1ccc(NC(=O)c2cc3sccc3[nH]2)cc1OC. The summed E-state index contributed by atoms with van der Waals surface area (Å²) in [5.74, 6) is 1.00. The number of nitrogens with one attached hydrogen (secondary N) is 2. The van der Waals surface area contributed by atoms with Crippen LogP contribution in [0.1, 0.15) is 10.5 Å². The van der Waals surface area contributed by atoms with E-state index < -0.39 is 0 Å². The number of hydrogen-bond donors (Lipinski definition) is 2. The molecule has 3 aromatic rings. The molecule has 0 unspecified atom stereocenters. The molecule has 108 valence electrons. The molecule has 1 aromatic carbocycles. The summed E-state index contributed by atoms with van der Waals surface area (Å²) in [5.41, 5.74) is 2.15. The lowest BCUT2D eigenvalue weighted by Crippen LogP contribution is -2.12. The first kappa shape index (κ1) is 13.5. The van der Waals surface area contributed by atoms with Gasteiger partial charge in [0.05, 0.1) is 24.4 Å². The third-order valence-electron chi connectivity index (χ3n) is 3.13. The van der Waals surface area contributed by atoms with Crippen molar-refractivity contribution in [2.45, 2.75) is 0 Å². The van der Waals surface area contributed by atoms with Crippen molar-refractivity contribution in [1.82, 2.24) is 4.98 Å². The Morgan fingerprint density at radius 3 is 2.67 bits per heavy atom. The van der Waals surface area contributed by atoms with Crippen molar-refractivity contribution < 1.29 is 14.3 Å². The Morgan fingerprint density at radius 1 is 1.14 bits per heavy atom. The van der Waals surface area contributed by atoms with Crippen LogP contribution >= 0.6 is 11.3 Å². The van der Waals surface area contributed by atoms with Gasteiger partial charge in [-0.15, -0.1) is 11.3 Å². The standard InChI is InChI=1S/C15H14N2O3S/c1-19-12-4-3-9(7-13(12)20-2)16-15(18)11-8-14-10(17-11)5-6-21-14/h3-8,17H,1-2H3,(H,16,18). The maximum absolute atomic E-state index is 12.2. The molecule has 0 atom stereocenters.